The summed E-state index contributed by atoms with van der Waals surface area (Å²) in [4.78, 5) is 14.9. The third-order valence-electron chi connectivity index (χ3n) is 12.1. The van der Waals surface area contributed by atoms with Crippen molar-refractivity contribution >= 4 is 11.1 Å². The SMILES string of the molecule is CC1(C)C2=C(CCC(c3cccc(-c4cccc(-c5nc(-c6ccccc6)nc(-c6ccccc6)n5)c4)c3)=C2)c2cc3c(cc21)-c1ccccc1C3(C)C. The molecule has 3 aliphatic rings. The molecule has 3 aliphatic carbocycles. The Bertz CT molecular complexity index is 2640. The molecule has 54 heavy (non-hydrogen) atoms. The maximum Gasteiger partial charge on any atom is 0.164 e. The lowest BCUT2D eigenvalue weighted by molar-refractivity contribution is 0.646. The predicted octanol–water partition coefficient (Wildman–Crippen LogP) is 12.8. The molecule has 1 aromatic heterocycles. The van der Waals surface area contributed by atoms with Gasteiger partial charge in [0, 0.05) is 27.5 Å². The van der Waals surface area contributed by atoms with Gasteiger partial charge in [0.1, 0.15) is 0 Å². The maximum absolute atomic E-state index is 4.99. The molecule has 1 heterocycles. The lowest BCUT2D eigenvalue weighted by atomic mass is 9.77. The number of allylic oxidation sites excluding steroid dienone is 4. The molecule has 0 aliphatic heterocycles. The molecule has 0 saturated heterocycles. The van der Waals surface area contributed by atoms with Crippen LogP contribution in [0.1, 0.15) is 68.4 Å². The third kappa shape index (κ3) is 5.14. The van der Waals surface area contributed by atoms with Crippen molar-refractivity contribution in [2.45, 2.75) is 51.4 Å². The summed E-state index contributed by atoms with van der Waals surface area (Å²) >= 11 is 0. The summed E-state index contributed by atoms with van der Waals surface area (Å²) in [5.74, 6) is 2.00. The van der Waals surface area contributed by atoms with Crippen LogP contribution in [0.15, 0.2) is 157 Å². The van der Waals surface area contributed by atoms with Crippen LogP contribution in [0.25, 0.3) is 67.6 Å². The Kier molecular flexibility index (Phi) is 7.32. The Morgan fingerprint density at radius 2 is 0.889 bits per heavy atom. The van der Waals surface area contributed by atoms with Crippen molar-refractivity contribution in [2.75, 3.05) is 0 Å². The van der Waals surface area contributed by atoms with E-state index in [1.54, 1.807) is 0 Å². The molecule has 0 radical (unpaired) electrons. The average molecular weight is 696 g/mol. The fourth-order valence-electron chi connectivity index (χ4n) is 9.13. The molecule has 0 N–H and O–H groups in total. The van der Waals surface area contributed by atoms with E-state index in [0.29, 0.717) is 17.5 Å². The highest BCUT2D eigenvalue weighted by Crippen LogP contribution is 2.57. The molecule has 260 valence electrons. The van der Waals surface area contributed by atoms with Gasteiger partial charge in [-0.15, -0.1) is 0 Å². The normalized spacial score (nSPS) is 16.0. The molecule has 10 rings (SSSR count). The summed E-state index contributed by atoms with van der Waals surface area (Å²) in [5, 5.41) is 0. The van der Waals surface area contributed by atoms with E-state index in [2.05, 4.69) is 119 Å². The highest BCUT2D eigenvalue weighted by molar-refractivity contribution is 5.93. The van der Waals surface area contributed by atoms with E-state index in [4.69, 9.17) is 15.0 Å². The third-order valence-corrected chi connectivity index (χ3v) is 12.1. The Hall–Kier alpha value is -6.19. The first-order valence-corrected chi connectivity index (χ1v) is 19.1. The molecule has 3 nitrogen and oxygen atoms in total. The molecule has 0 saturated carbocycles. The Morgan fingerprint density at radius 3 is 1.56 bits per heavy atom. The number of aromatic nitrogens is 3. The molecular formula is C51H41N3. The van der Waals surface area contributed by atoms with Crippen molar-refractivity contribution in [1.29, 1.82) is 0 Å². The lowest BCUT2D eigenvalue weighted by Crippen LogP contribution is -2.18. The van der Waals surface area contributed by atoms with E-state index >= 15 is 0 Å². The monoisotopic (exact) mass is 695 g/mol. The Morgan fingerprint density at radius 1 is 0.389 bits per heavy atom. The van der Waals surface area contributed by atoms with Crippen LogP contribution in [-0.4, -0.2) is 15.0 Å². The zero-order valence-electron chi connectivity index (χ0n) is 31.2. The molecule has 0 amide bonds. The van der Waals surface area contributed by atoms with Gasteiger partial charge in [0.2, 0.25) is 0 Å². The second-order valence-corrected chi connectivity index (χ2v) is 16.0. The van der Waals surface area contributed by atoms with Gasteiger partial charge in [0.15, 0.2) is 17.5 Å². The second kappa shape index (κ2) is 12.2. The minimum absolute atomic E-state index is 0.000283. The van der Waals surface area contributed by atoms with Crippen LogP contribution in [0, 0.1) is 0 Å². The maximum atomic E-state index is 4.99. The van der Waals surface area contributed by atoms with Crippen molar-refractivity contribution in [1.82, 2.24) is 15.0 Å². The van der Waals surface area contributed by atoms with Gasteiger partial charge in [0.25, 0.3) is 0 Å². The van der Waals surface area contributed by atoms with E-state index in [1.165, 1.54) is 61.2 Å². The predicted molar refractivity (Wildman–Crippen MR) is 223 cm³/mol. The van der Waals surface area contributed by atoms with E-state index in [-0.39, 0.29) is 10.8 Å². The van der Waals surface area contributed by atoms with E-state index < -0.39 is 0 Å². The van der Waals surface area contributed by atoms with Gasteiger partial charge in [-0.05, 0) is 104 Å². The fourth-order valence-corrected chi connectivity index (χ4v) is 9.13. The zero-order chi connectivity index (χ0) is 36.6. The minimum atomic E-state index is -0.0687. The van der Waals surface area contributed by atoms with Crippen LogP contribution >= 0.6 is 0 Å². The van der Waals surface area contributed by atoms with Crippen LogP contribution in [-0.2, 0) is 10.8 Å². The van der Waals surface area contributed by atoms with Gasteiger partial charge < -0.3 is 0 Å². The number of rotatable bonds is 5. The van der Waals surface area contributed by atoms with E-state index in [0.717, 1.165) is 35.1 Å². The summed E-state index contributed by atoms with van der Waals surface area (Å²) in [6.07, 6.45) is 4.59. The molecule has 0 bridgehead atoms. The second-order valence-electron chi connectivity index (χ2n) is 16.0. The number of benzene rings is 6. The summed E-state index contributed by atoms with van der Waals surface area (Å²) < 4.78 is 0. The van der Waals surface area contributed by atoms with Gasteiger partial charge in [-0.25, -0.2) is 15.0 Å². The van der Waals surface area contributed by atoms with E-state index in [1.807, 2.05) is 60.7 Å². The highest BCUT2D eigenvalue weighted by Gasteiger charge is 2.42. The molecule has 0 unspecified atom stereocenters. The fraction of sp³-hybridized carbons (Fsp3) is 0.157. The van der Waals surface area contributed by atoms with Gasteiger partial charge in [-0.1, -0.05) is 155 Å². The molecule has 6 aromatic carbocycles. The Labute approximate surface area is 317 Å². The van der Waals surface area contributed by atoms with Gasteiger partial charge in [0.05, 0.1) is 0 Å². The molecule has 0 atom stereocenters. The van der Waals surface area contributed by atoms with Crippen LogP contribution in [0.5, 0.6) is 0 Å². The van der Waals surface area contributed by atoms with Crippen molar-refractivity contribution in [3.8, 4) is 56.4 Å². The van der Waals surface area contributed by atoms with Crippen molar-refractivity contribution in [3.05, 3.63) is 185 Å². The van der Waals surface area contributed by atoms with Gasteiger partial charge in [-0.2, -0.15) is 0 Å². The summed E-state index contributed by atoms with van der Waals surface area (Å²) in [5.41, 5.74) is 19.5. The summed E-state index contributed by atoms with van der Waals surface area (Å²) in [6, 6.07) is 52.0. The smallest absolute Gasteiger partial charge is 0.164 e. The van der Waals surface area contributed by atoms with Crippen LogP contribution in [0.4, 0.5) is 0 Å². The molecule has 7 aromatic rings. The minimum Gasteiger partial charge on any atom is -0.208 e. The molecular weight excluding hydrogens is 655 g/mol. The highest BCUT2D eigenvalue weighted by atomic mass is 15.0. The lowest BCUT2D eigenvalue weighted by Gasteiger charge is -2.26. The Balaban J connectivity index is 1.00. The zero-order valence-corrected chi connectivity index (χ0v) is 31.2. The first kappa shape index (κ1) is 32.5. The molecule has 0 fully saturated rings. The number of hydrogen-bond donors (Lipinski definition) is 0. The first-order valence-electron chi connectivity index (χ1n) is 19.1. The standard InChI is InChI=1S/C51H41N3/c1-50(2)43-24-12-11-23-39(43)41-30-46-42(31-45(41)50)40-26-25-37(29-44(40)51(46,3)4)35-20-13-19-34(27-35)36-21-14-22-38(28-36)49-53-47(32-15-7-5-8-16-32)52-48(54-49)33-17-9-6-10-18-33/h5-24,27-31H,25-26H2,1-4H3. The van der Waals surface area contributed by atoms with Crippen molar-refractivity contribution in [2.24, 2.45) is 0 Å². The molecule has 3 heteroatoms. The average Bonchev–Trinajstić information content (AvgIpc) is 3.59. The van der Waals surface area contributed by atoms with Gasteiger partial charge in [-0.3, -0.25) is 0 Å². The van der Waals surface area contributed by atoms with Crippen molar-refractivity contribution in [3.63, 3.8) is 0 Å². The molecule has 0 spiro atoms. The number of fused-ring (bicyclic) bond motifs is 5. The van der Waals surface area contributed by atoms with Gasteiger partial charge >= 0.3 is 0 Å². The first-order chi connectivity index (χ1) is 26.3. The number of nitrogens with zero attached hydrogens (tertiary/aromatic N) is 3. The van der Waals surface area contributed by atoms with E-state index in [9.17, 15) is 0 Å². The topological polar surface area (TPSA) is 38.7 Å². The quantitative estimate of drug-likeness (QED) is 0.180. The van der Waals surface area contributed by atoms with Crippen LogP contribution in [0.2, 0.25) is 0 Å². The van der Waals surface area contributed by atoms with Crippen molar-refractivity contribution < 1.29 is 0 Å². The summed E-state index contributed by atoms with van der Waals surface area (Å²) in [6.45, 7) is 9.60. The largest absolute Gasteiger partial charge is 0.208 e. The summed E-state index contributed by atoms with van der Waals surface area (Å²) in [7, 11) is 0. The van der Waals surface area contributed by atoms with Crippen LogP contribution < -0.4 is 0 Å². The van der Waals surface area contributed by atoms with Crippen LogP contribution in [0.3, 0.4) is 0 Å². The number of hydrogen-bond acceptors (Lipinski definition) is 3.